The lowest BCUT2D eigenvalue weighted by molar-refractivity contribution is -0.140. The first-order valence-corrected chi connectivity index (χ1v) is 7.25. The van der Waals surface area contributed by atoms with Crippen molar-refractivity contribution in [2.75, 3.05) is 7.11 Å². The minimum atomic E-state index is -0.838. The number of carboxylic acids is 1. The lowest BCUT2D eigenvalue weighted by atomic mass is 10.0. The van der Waals surface area contributed by atoms with Crippen LogP contribution in [0.3, 0.4) is 0 Å². The van der Waals surface area contributed by atoms with E-state index < -0.39 is 12.0 Å². The molecule has 5 nitrogen and oxygen atoms in total. The zero-order chi connectivity index (χ0) is 15.6. The van der Waals surface area contributed by atoms with Gasteiger partial charge in [0.25, 0.3) is 0 Å². The molecule has 0 saturated heterocycles. The number of nitrogens with one attached hydrogen (secondary N) is 1. The van der Waals surface area contributed by atoms with E-state index in [2.05, 4.69) is 5.32 Å². The molecular weight excluding hydrogens is 270 g/mol. The van der Waals surface area contributed by atoms with E-state index in [0.717, 1.165) is 29.0 Å². The summed E-state index contributed by atoms with van der Waals surface area (Å²) in [6, 6.07) is 3.35. The second-order valence-electron chi connectivity index (χ2n) is 5.85. The summed E-state index contributed by atoms with van der Waals surface area (Å²) in [4.78, 5) is 11.2. The maximum atomic E-state index is 11.2. The van der Waals surface area contributed by atoms with Crippen molar-refractivity contribution in [3.8, 4) is 11.5 Å². The summed E-state index contributed by atoms with van der Waals surface area (Å²) in [5, 5.41) is 12.3. The fourth-order valence-corrected chi connectivity index (χ4v) is 2.64. The van der Waals surface area contributed by atoms with Gasteiger partial charge in [0.05, 0.1) is 7.11 Å². The van der Waals surface area contributed by atoms with Gasteiger partial charge in [0.2, 0.25) is 0 Å². The van der Waals surface area contributed by atoms with Gasteiger partial charge in [-0.2, -0.15) is 0 Å². The molecule has 0 saturated carbocycles. The average Bonchev–Trinajstić information content (AvgIpc) is 2.76. The van der Waals surface area contributed by atoms with E-state index in [9.17, 15) is 9.90 Å². The highest BCUT2D eigenvalue weighted by atomic mass is 16.5. The Morgan fingerprint density at radius 3 is 2.81 bits per heavy atom. The standard InChI is InChI=1S/C16H23NO4/c1-9(2)15(16(18)19)17-8-12-7-14-11(5-10(3)21-14)6-13(12)20-4/h6-7,9-10,15,17H,5,8H2,1-4H3,(H,18,19). The molecule has 2 atom stereocenters. The third-order valence-electron chi connectivity index (χ3n) is 3.74. The second kappa shape index (κ2) is 6.35. The summed E-state index contributed by atoms with van der Waals surface area (Å²) in [7, 11) is 1.63. The minimum absolute atomic E-state index is 0.0131. The molecule has 21 heavy (non-hydrogen) atoms. The summed E-state index contributed by atoms with van der Waals surface area (Å²) < 4.78 is 11.2. The van der Waals surface area contributed by atoms with Crippen LogP contribution in [0.2, 0.25) is 0 Å². The van der Waals surface area contributed by atoms with Gasteiger partial charge in [0.15, 0.2) is 0 Å². The molecule has 1 aliphatic rings. The van der Waals surface area contributed by atoms with E-state index >= 15 is 0 Å². The largest absolute Gasteiger partial charge is 0.496 e. The number of carbonyl (C=O) groups is 1. The zero-order valence-electron chi connectivity index (χ0n) is 13.0. The molecule has 2 unspecified atom stereocenters. The van der Waals surface area contributed by atoms with Crippen molar-refractivity contribution in [3.63, 3.8) is 0 Å². The molecule has 0 amide bonds. The maximum absolute atomic E-state index is 11.2. The quantitative estimate of drug-likeness (QED) is 0.841. The van der Waals surface area contributed by atoms with Crippen molar-refractivity contribution >= 4 is 5.97 Å². The number of hydrogen-bond acceptors (Lipinski definition) is 4. The fraction of sp³-hybridized carbons (Fsp3) is 0.562. The highest BCUT2D eigenvalue weighted by molar-refractivity contribution is 5.73. The van der Waals surface area contributed by atoms with E-state index in [-0.39, 0.29) is 12.0 Å². The van der Waals surface area contributed by atoms with Crippen LogP contribution in [-0.2, 0) is 17.8 Å². The van der Waals surface area contributed by atoms with Gasteiger partial charge in [-0.25, -0.2) is 0 Å². The van der Waals surface area contributed by atoms with E-state index in [4.69, 9.17) is 9.47 Å². The van der Waals surface area contributed by atoms with E-state index in [1.165, 1.54) is 0 Å². The molecule has 1 aromatic rings. The third kappa shape index (κ3) is 3.47. The van der Waals surface area contributed by atoms with Crippen LogP contribution in [0.25, 0.3) is 0 Å². The highest BCUT2D eigenvalue weighted by Crippen LogP contribution is 2.35. The molecule has 1 aliphatic heterocycles. The van der Waals surface area contributed by atoms with Gasteiger partial charge < -0.3 is 14.6 Å². The van der Waals surface area contributed by atoms with Crippen molar-refractivity contribution in [2.45, 2.75) is 45.9 Å². The molecule has 2 rings (SSSR count). The smallest absolute Gasteiger partial charge is 0.320 e. The number of hydrogen-bond donors (Lipinski definition) is 2. The predicted molar refractivity (Wildman–Crippen MR) is 79.9 cm³/mol. The van der Waals surface area contributed by atoms with Crippen molar-refractivity contribution < 1.29 is 19.4 Å². The van der Waals surface area contributed by atoms with Gasteiger partial charge in [-0.15, -0.1) is 0 Å². The van der Waals surface area contributed by atoms with Crippen molar-refractivity contribution in [1.29, 1.82) is 0 Å². The Bertz CT molecular complexity index is 527. The lowest BCUT2D eigenvalue weighted by Crippen LogP contribution is -2.40. The monoisotopic (exact) mass is 293 g/mol. The first kappa shape index (κ1) is 15.6. The van der Waals surface area contributed by atoms with Gasteiger partial charge in [-0.3, -0.25) is 10.1 Å². The van der Waals surface area contributed by atoms with Gasteiger partial charge >= 0.3 is 5.97 Å². The number of rotatable bonds is 6. The molecule has 0 aromatic heterocycles. The maximum Gasteiger partial charge on any atom is 0.320 e. The predicted octanol–water partition coefficient (Wildman–Crippen LogP) is 2.22. The molecule has 1 heterocycles. The van der Waals surface area contributed by atoms with Crippen LogP contribution in [0.1, 0.15) is 31.9 Å². The van der Waals surface area contributed by atoms with Gasteiger partial charge in [0.1, 0.15) is 23.6 Å². The molecule has 2 N–H and O–H groups in total. The molecule has 1 aromatic carbocycles. The highest BCUT2D eigenvalue weighted by Gasteiger charge is 2.24. The topological polar surface area (TPSA) is 67.8 Å². The Morgan fingerprint density at radius 2 is 2.24 bits per heavy atom. The molecule has 5 heteroatoms. The second-order valence-corrected chi connectivity index (χ2v) is 5.85. The SMILES string of the molecule is COc1cc2c(cc1CNC(C(=O)O)C(C)C)OC(C)C2. The van der Waals surface area contributed by atoms with Crippen molar-refractivity contribution in [2.24, 2.45) is 5.92 Å². The molecular formula is C16H23NO4. The van der Waals surface area contributed by atoms with Gasteiger partial charge in [-0.05, 0) is 25.0 Å². The van der Waals surface area contributed by atoms with E-state index in [1.807, 2.05) is 32.9 Å². The molecule has 0 bridgehead atoms. The molecule has 0 radical (unpaired) electrons. The molecule has 0 spiro atoms. The first-order valence-electron chi connectivity index (χ1n) is 7.25. The number of fused-ring (bicyclic) bond motifs is 1. The summed E-state index contributed by atoms with van der Waals surface area (Å²) in [5.74, 6) is 0.817. The molecule has 0 fully saturated rings. The number of aliphatic carboxylic acids is 1. The average molecular weight is 293 g/mol. The Hall–Kier alpha value is -1.75. The summed E-state index contributed by atoms with van der Waals surface area (Å²) in [5.41, 5.74) is 2.05. The number of benzene rings is 1. The Morgan fingerprint density at radius 1 is 1.52 bits per heavy atom. The summed E-state index contributed by atoms with van der Waals surface area (Å²) >= 11 is 0. The van der Waals surface area contributed by atoms with Crippen LogP contribution in [0, 0.1) is 5.92 Å². The normalized spacial score (nSPS) is 18.2. The Labute approximate surface area is 125 Å². The minimum Gasteiger partial charge on any atom is -0.496 e. The van der Waals surface area contributed by atoms with E-state index in [0.29, 0.717) is 6.54 Å². The van der Waals surface area contributed by atoms with Gasteiger partial charge in [-0.1, -0.05) is 13.8 Å². The van der Waals surface area contributed by atoms with Crippen LogP contribution in [0.5, 0.6) is 11.5 Å². The van der Waals surface area contributed by atoms with E-state index in [1.54, 1.807) is 7.11 Å². The van der Waals surface area contributed by atoms with Crippen LogP contribution in [0.4, 0.5) is 0 Å². The zero-order valence-corrected chi connectivity index (χ0v) is 13.0. The van der Waals surface area contributed by atoms with Gasteiger partial charge in [0, 0.05) is 24.1 Å². The Kier molecular flexibility index (Phi) is 4.73. The van der Waals surface area contributed by atoms with Crippen LogP contribution in [-0.4, -0.2) is 30.3 Å². The van der Waals surface area contributed by atoms with Crippen molar-refractivity contribution in [3.05, 3.63) is 23.3 Å². The lowest BCUT2D eigenvalue weighted by Gasteiger charge is -2.19. The molecule has 0 aliphatic carbocycles. The molecule has 116 valence electrons. The number of carboxylic acid groups (broad SMARTS) is 1. The summed E-state index contributed by atoms with van der Waals surface area (Å²) in [6.07, 6.45) is 1.05. The van der Waals surface area contributed by atoms with Crippen LogP contribution >= 0.6 is 0 Å². The van der Waals surface area contributed by atoms with Crippen molar-refractivity contribution in [1.82, 2.24) is 5.32 Å². The van der Waals surface area contributed by atoms with Crippen LogP contribution < -0.4 is 14.8 Å². The van der Waals surface area contributed by atoms with Crippen LogP contribution in [0.15, 0.2) is 12.1 Å². The third-order valence-corrected chi connectivity index (χ3v) is 3.74. The first-order chi connectivity index (χ1) is 9.92. The summed E-state index contributed by atoms with van der Waals surface area (Å²) in [6.45, 7) is 6.24. The fourth-order valence-electron chi connectivity index (χ4n) is 2.64. The number of ether oxygens (including phenoxy) is 2. The Balaban J connectivity index is 2.16. The number of methoxy groups -OCH3 is 1.